The Morgan fingerprint density at radius 3 is 2.41 bits per heavy atom. The zero-order valence-corrected chi connectivity index (χ0v) is 14.4. The molecule has 0 unspecified atom stereocenters. The summed E-state index contributed by atoms with van der Waals surface area (Å²) < 4.78 is 6.89. The number of hydrazone groups is 1. The molecule has 1 N–H and O–H groups in total. The van der Waals surface area contributed by atoms with Crippen molar-refractivity contribution in [1.82, 2.24) is 5.32 Å². The number of benzene rings is 2. The third-order valence-corrected chi connectivity index (χ3v) is 4.35. The van der Waals surface area contributed by atoms with Crippen molar-refractivity contribution in [1.29, 1.82) is 0 Å². The summed E-state index contributed by atoms with van der Waals surface area (Å²) in [6.07, 6.45) is 3.21. The first-order chi connectivity index (χ1) is 13.2. The molecule has 6 heteroatoms. The van der Waals surface area contributed by atoms with Crippen LogP contribution in [0.25, 0.3) is 0 Å². The van der Waals surface area contributed by atoms with E-state index in [0.717, 1.165) is 5.56 Å². The maximum Gasteiger partial charge on any atom is 0.252 e. The maximum absolute atomic E-state index is 12.6. The molecule has 1 aliphatic heterocycles. The van der Waals surface area contributed by atoms with Crippen molar-refractivity contribution in [2.75, 3.05) is 0 Å². The topological polar surface area (TPSA) is 80.7 Å². The van der Waals surface area contributed by atoms with Crippen molar-refractivity contribution in [2.45, 2.75) is 12.1 Å². The molecule has 0 bridgehead atoms. The van der Waals surface area contributed by atoms with Gasteiger partial charge < -0.3 is 14.8 Å². The van der Waals surface area contributed by atoms with Gasteiger partial charge in [-0.15, -0.1) is 0 Å². The normalized spacial score (nSPS) is 20.4. The molecular weight excluding hydrogens is 342 g/mol. The average Bonchev–Trinajstić information content (AvgIpc) is 3.32. The number of nitrogens with one attached hydrogen (secondary N) is 1. The van der Waals surface area contributed by atoms with E-state index in [1.165, 1.54) is 0 Å². The van der Waals surface area contributed by atoms with Crippen LogP contribution in [0.2, 0.25) is 0 Å². The van der Waals surface area contributed by atoms with Gasteiger partial charge >= 0.3 is 0 Å². The monoisotopic (exact) mass is 359 g/mol. The number of rotatable bonds is 4. The van der Waals surface area contributed by atoms with Gasteiger partial charge in [0.15, 0.2) is 5.76 Å². The molecule has 0 fully saturated rings. The van der Waals surface area contributed by atoms with E-state index in [1.807, 2.05) is 36.4 Å². The van der Waals surface area contributed by atoms with Crippen molar-refractivity contribution < 1.29 is 19.0 Å². The minimum Gasteiger partial charge on any atom is -0.856 e. The third kappa shape index (κ3) is 3.50. The highest BCUT2D eigenvalue weighted by atomic mass is 16.3. The molecule has 0 radical (unpaired) electrons. The molecule has 0 saturated carbocycles. The van der Waals surface area contributed by atoms with Crippen LogP contribution < -0.4 is 10.4 Å². The van der Waals surface area contributed by atoms with E-state index in [2.05, 4.69) is 10.4 Å². The molecule has 27 heavy (non-hydrogen) atoms. The Hall–Kier alpha value is -3.67. The number of carbonyl (C=O) groups is 1. The quantitative estimate of drug-likeness (QED) is 0.723. The fourth-order valence-electron chi connectivity index (χ4n) is 3.08. The van der Waals surface area contributed by atoms with Crippen LogP contribution in [-0.2, 0) is 0 Å². The molecular formula is C21H17N3O3. The summed E-state index contributed by atoms with van der Waals surface area (Å²) in [5.74, 6) is -0.150. The Morgan fingerprint density at radius 1 is 1.04 bits per heavy atom. The number of hydrogen-bond donors (Lipinski definition) is 1. The highest BCUT2D eigenvalue weighted by molar-refractivity contribution is 5.97. The van der Waals surface area contributed by atoms with Crippen LogP contribution in [0.1, 0.15) is 27.7 Å². The van der Waals surface area contributed by atoms with Gasteiger partial charge in [0, 0.05) is 11.1 Å². The van der Waals surface area contributed by atoms with Crippen molar-refractivity contribution in [3.63, 3.8) is 0 Å². The lowest BCUT2D eigenvalue weighted by molar-refractivity contribution is -0.565. The Labute approximate surface area is 156 Å². The molecule has 1 aromatic heterocycles. The van der Waals surface area contributed by atoms with E-state index in [9.17, 15) is 9.90 Å². The van der Waals surface area contributed by atoms with Crippen molar-refractivity contribution in [3.8, 4) is 0 Å². The lowest BCUT2D eigenvalue weighted by atomic mass is 9.99. The maximum atomic E-state index is 12.6. The second-order valence-electron chi connectivity index (χ2n) is 6.14. The summed E-state index contributed by atoms with van der Waals surface area (Å²) in [6, 6.07) is 20.6. The van der Waals surface area contributed by atoms with Crippen LogP contribution in [0.15, 0.2) is 88.6 Å². The number of furan rings is 1. The van der Waals surface area contributed by atoms with E-state index in [-0.39, 0.29) is 5.91 Å². The first-order valence-electron chi connectivity index (χ1n) is 8.55. The summed E-state index contributed by atoms with van der Waals surface area (Å²) in [7, 11) is 0. The minimum atomic E-state index is -0.800. The fourth-order valence-corrected chi connectivity index (χ4v) is 3.08. The Balaban J connectivity index is 1.69. The van der Waals surface area contributed by atoms with Gasteiger partial charge in [0.25, 0.3) is 5.91 Å². The SMILES string of the molecule is O=C(N[C@H]1C([O-])=N/[N+](=C\c2ccco2)[C@@H]1c1ccccc1)c1ccccc1. The number of hydrogen-bond acceptors (Lipinski definition) is 4. The van der Waals surface area contributed by atoms with Gasteiger partial charge in [0.2, 0.25) is 12.3 Å². The molecule has 134 valence electrons. The van der Waals surface area contributed by atoms with Gasteiger partial charge in [0.05, 0.1) is 12.2 Å². The van der Waals surface area contributed by atoms with Crippen LogP contribution in [0.5, 0.6) is 0 Å². The molecule has 0 spiro atoms. The number of carbonyl (C=O) groups excluding carboxylic acids is 1. The number of amides is 1. The Morgan fingerprint density at radius 2 is 1.74 bits per heavy atom. The van der Waals surface area contributed by atoms with Gasteiger partial charge in [-0.2, -0.15) is 0 Å². The van der Waals surface area contributed by atoms with E-state index in [4.69, 9.17) is 4.42 Å². The first-order valence-corrected chi connectivity index (χ1v) is 8.55. The van der Waals surface area contributed by atoms with Crippen molar-refractivity contribution in [2.24, 2.45) is 5.10 Å². The molecule has 1 amide bonds. The van der Waals surface area contributed by atoms with Crippen LogP contribution in [0.3, 0.4) is 0 Å². The lowest BCUT2D eigenvalue weighted by Crippen LogP contribution is -2.47. The first kappa shape index (κ1) is 16.8. The smallest absolute Gasteiger partial charge is 0.252 e. The molecule has 0 saturated heterocycles. The van der Waals surface area contributed by atoms with Crippen molar-refractivity contribution >= 4 is 18.0 Å². The molecule has 0 aliphatic carbocycles. The summed E-state index contributed by atoms with van der Waals surface area (Å²) in [6.45, 7) is 0. The fraction of sp³-hybridized carbons (Fsp3) is 0.0952. The van der Waals surface area contributed by atoms with Gasteiger partial charge in [-0.3, -0.25) is 4.79 Å². The summed E-state index contributed by atoms with van der Waals surface area (Å²) in [5, 5.41) is 19.5. The summed E-state index contributed by atoms with van der Waals surface area (Å²) >= 11 is 0. The van der Waals surface area contributed by atoms with Crippen LogP contribution in [-0.4, -0.2) is 28.7 Å². The summed E-state index contributed by atoms with van der Waals surface area (Å²) in [4.78, 5) is 12.6. The van der Waals surface area contributed by atoms with Gasteiger partial charge in [0.1, 0.15) is 6.04 Å². The van der Waals surface area contributed by atoms with Crippen LogP contribution in [0.4, 0.5) is 0 Å². The minimum absolute atomic E-state index is 0.315. The van der Waals surface area contributed by atoms with Crippen LogP contribution >= 0.6 is 0 Å². The zero-order chi connectivity index (χ0) is 18.6. The van der Waals surface area contributed by atoms with E-state index < -0.39 is 18.0 Å². The molecule has 3 aromatic rings. The predicted octanol–water partition coefficient (Wildman–Crippen LogP) is 1.94. The Bertz CT molecular complexity index is 980. The largest absolute Gasteiger partial charge is 0.856 e. The second-order valence-corrected chi connectivity index (χ2v) is 6.14. The molecule has 4 rings (SSSR count). The second kappa shape index (κ2) is 7.29. The molecule has 2 atom stereocenters. The number of nitrogens with zero attached hydrogens (tertiary/aromatic N) is 2. The highest BCUT2D eigenvalue weighted by Gasteiger charge is 2.41. The van der Waals surface area contributed by atoms with Gasteiger partial charge in [-0.25, -0.2) is 0 Å². The molecule has 6 nitrogen and oxygen atoms in total. The lowest BCUT2D eigenvalue weighted by Gasteiger charge is -2.20. The van der Waals surface area contributed by atoms with Gasteiger partial charge in [-0.05, 0) is 29.4 Å². The summed E-state index contributed by atoms with van der Waals surface area (Å²) in [5.41, 5.74) is 1.36. The third-order valence-electron chi connectivity index (χ3n) is 4.35. The van der Waals surface area contributed by atoms with E-state index in [0.29, 0.717) is 11.3 Å². The van der Waals surface area contributed by atoms with E-state index >= 15 is 0 Å². The van der Waals surface area contributed by atoms with Crippen molar-refractivity contribution in [3.05, 3.63) is 95.9 Å². The molecule has 2 heterocycles. The van der Waals surface area contributed by atoms with E-state index in [1.54, 1.807) is 53.6 Å². The van der Waals surface area contributed by atoms with Gasteiger partial charge in [-0.1, -0.05) is 53.2 Å². The molecule has 2 aromatic carbocycles. The average molecular weight is 359 g/mol. The highest BCUT2D eigenvalue weighted by Crippen LogP contribution is 2.26. The Kier molecular flexibility index (Phi) is 4.53. The standard InChI is InChI=1S/C21H17N3O3/c25-20(16-10-5-2-6-11-16)22-18-19(15-8-3-1-4-9-15)24(23-21(18)26)14-17-12-7-13-27-17/h1-14,18-19H,(H-,22,23,25,26)/b24-14-/t18-,19-/m1/s1. The van der Waals surface area contributed by atoms with Crippen LogP contribution in [0, 0.1) is 0 Å². The zero-order valence-electron chi connectivity index (χ0n) is 14.4. The molecule has 1 aliphatic rings. The predicted molar refractivity (Wildman–Crippen MR) is 98.4 cm³/mol.